The van der Waals surface area contributed by atoms with Crippen LogP contribution in [0.1, 0.15) is 0 Å². The number of aromatic nitrogens is 2. The van der Waals surface area contributed by atoms with Gasteiger partial charge in [0.25, 0.3) is 0 Å². The van der Waals surface area contributed by atoms with E-state index in [1.165, 1.54) is 0 Å². The lowest BCUT2D eigenvalue weighted by molar-refractivity contribution is -0.115. The second-order valence-electron chi connectivity index (χ2n) is 2.30. The van der Waals surface area contributed by atoms with Gasteiger partial charge in [-0.15, -0.1) is 0 Å². The standard InChI is InChI=1S/C6H4Cl2F3N3/c7-3-1-12-5(8)14-4(3)13-2-6(9,10)11/h1H,2H2,(H,12,13,14). The van der Waals surface area contributed by atoms with Gasteiger partial charge in [-0.2, -0.15) is 18.2 Å². The van der Waals surface area contributed by atoms with E-state index in [1.807, 2.05) is 5.32 Å². The average molecular weight is 246 g/mol. The van der Waals surface area contributed by atoms with Gasteiger partial charge in [0.15, 0.2) is 0 Å². The maximum absolute atomic E-state index is 11.8. The third kappa shape index (κ3) is 3.55. The molecule has 1 heterocycles. The minimum Gasteiger partial charge on any atom is -0.360 e. The zero-order chi connectivity index (χ0) is 10.8. The molecule has 1 aromatic heterocycles. The van der Waals surface area contributed by atoms with E-state index in [-0.39, 0.29) is 16.1 Å². The number of hydrogen-bond donors (Lipinski definition) is 1. The molecule has 0 aromatic carbocycles. The molecule has 14 heavy (non-hydrogen) atoms. The Bertz CT molecular complexity index is 329. The monoisotopic (exact) mass is 245 g/mol. The van der Waals surface area contributed by atoms with Crippen molar-refractivity contribution in [3.8, 4) is 0 Å². The highest BCUT2D eigenvalue weighted by molar-refractivity contribution is 6.33. The van der Waals surface area contributed by atoms with E-state index in [4.69, 9.17) is 23.2 Å². The highest BCUT2D eigenvalue weighted by atomic mass is 35.5. The number of rotatable bonds is 2. The maximum Gasteiger partial charge on any atom is 0.405 e. The molecule has 0 unspecified atom stereocenters. The minimum absolute atomic E-state index is 0.0151. The van der Waals surface area contributed by atoms with Crippen LogP contribution in [0.15, 0.2) is 6.20 Å². The van der Waals surface area contributed by atoms with Gasteiger partial charge < -0.3 is 5.32 Å². The van der Waals surface area contributed by atoms with Crippen LogP contribution in [-0.2, 0) is 0 Å². The lowest BCUT2D eigenvalue weighted by atomic mass is 10.5. The Morgan fingerprint density at radius 3 is 2.57 bits per heavy atom. The van der Waals surface area contributed by atoms with Crippen molar-refractivity contribution in [2.24, 2.45) is 0 Å². The molecule has 0 spiro atoms. The first-order valence-electron chi connectivity index (χ1n) is 3.37. The Labute approximate surface area is 87.3 Å². The van der Waals surface area contributed by atoms with Crippen molar-refractivity contribution < 1.29 is 13.2 Å². The number of nitrogens with one attached hydrogen (secondary N) is 1. The summed E-state index contributed by atoms with van der Waals surface area (Å²) in [4.78, 5) is 6.97. The van der Waals surface area contributed by atoms with E-state index in [9.17, 15) is 13.2 Å². The number of anilines is 1. The van der Waals surface area contributed by atoms with Crippen molar-refractivity contribution in [1.82, 2.24) is 9.97 Å². The second kappa shape index (κ2) is 4.18. The van der Waals surface area contributed by atoms with Crippen LogP contribution in [0.25, 0.3) is 0 Å². The Balaban J connectivity index is 2.72. The Morgan fingerprint density at radius 1 is 1.36 bits per heavy atom. The van der Waals surface area contributed by atoms with Gasteiger partial charge in [0.1, 0.15) is 17.4 Å². The van der Waals surface area contributed by atoms with Gasteiger partial charge in [-0.1, -0.05) is 11.6 Å². The molecule has 0 bridgehead atoms. The first-order chi connectivity index (χ1) is 6.38. The molecule has 0 fully saturated rings. The molecule has 0 aliphatic carbocycles. The molecule has 0 radical (unpaired) electrons. The zero-order valence-electron chi connectivity index (χ0n) is 6.57. The van der Waals surface area contributed by atoms with Gasteiger partial charge >= 0.3 is 6.18 Å². The molecule has 0 saturated heterocycles. The fraction of sp³-hybridized carbons (Fsp3) is 0.333. The normalized spacial score (nSPS) is 11.5. The van der Waals surface area contributed by atoms with Crippen molar-refractivity contribution in [2.75, 3.05) is 11.9 Å². The molecule has 0 aliphatic heterocycles. The minimum atomic E-state index is -4.33. The van der Waals surface area contributed by atoms with E-state index >= 15 is 0 Å². The lowest BCUT2D eigenvalue weighted by Gasteiger charge is -2.09. The largest absolute Gasteiger partial charge is 0.405 e. The molecular formula is C6H4Cl2F3N3. The third-order valence-corrected chi connectivity index (χ3v) is 1.63. The van der Waals surface area contributed by atoms with Gasteiger partial charge in [-0.3, -0.25) is 0 Å². The molecule has 78 valence electrons. The van der Waals surface area contributed by atoms with Crippen LogP contribution in [0.3, 0.4) is 0 Å². The number of halogens is 5. The van der Waals surface area contributed by atoms with Crippen LogP contribution >= 0.6 is 23.2 Å². The molecular weight excluding hydrogens is 242 g/mol. The SMILES string of the molecule is FC(F)(F)CNc1nc(Cl)ncc1Cl. The van der Waals surface area contributed by atoms with Crippen molar-refractivity contribution >= 4 is 29.0 Å². The van der Waals surface area contributed by atoms with Crippen molar-refractivity contribution in [3.63, 3.8) is 0 Å². The van der Waals surface area contributed by atoms with Crippen LogP contribution in [0.4, 0.5) is 19.0 Å². The Morgan fingerprint density at radius 2 is 2.00 bits per heavy atom. The number of nitrogens with zero attached hydrogens (tertiary/aromatic N) is 2. The summed E-state index contributed by atoms with van der Waals surface area (Å²) in [6, 6.07) is 0. The summed E-state index contributed by atoms with van der Waals surface area (Å²) in [6.07, 6.45) is -3.21. The molecule has 0 amide bonds. The molecule has 1 aromatic rings. The first kappa shape index (κ1) is 11.3. The molecule has 1 N–H and O–H groups in total. The van der Waals surface area contributed by atoms with Gasteiger partial charge in [-0.05, 0) is 11.6 Å². The molecule has 3 nitrogen and oxygen atoms in total. The highest BCUT2D eigenvalue weighted by Crippen LogP contribution is 2.21. The lowest BCUT2D eigenvalue weighted by Crippen LogP contribution is -2.22. The van der Waals surface area contributed by atoms with Crippen LogP contribution in [-0.4, -0.2) is 22.7 Å². The molecule has 0 saturated carbocycles. The van der Waals surface area contributed by atoms with Crippen LogP contribution in [0.5, 0.6) is 0 Å². The van der Waals surface area contributed by atoms with Crippen LogP contribution in [0, 0.1) is 0 Å². The quantitative estimate of drug-likeness (QED) is 0.815. The Kier molecular flexibility index (Phi) is 3.38. The molecule has 8 heteroatoms. The summed E-state index contributed by atoms with van der Waals surface area (Å²) in [5, 5.41) is 1.82. The predicted octanol–water partition coefficient (Wildman–Crippen LogP) is 2.76. The molecule has 1 rings (SSSR count). The van der Waals surface area contributed by atoms with Crippen LogP contribution < -0.4 is 5.32 Å². The van der Waals surface area contributed by atoms with Crippen molar-refractivity contribution in [3.05, 3.63) is 16.5 Å². The molecule has 0 aliphatic rings. The summed E-state index contributed by atoms with van der Waals surface area (Å²) in [5.74, 6) is -0.135. The first-order valence-corrected chi connectivity index (χ1v) is 4.13. The average Bonchev–Trinajstić information content (AvgIpc) is 2.05. The van der Waals surface area contributed by atoms with Crippen molar-refractivity contribution in [2.45, 2.75) is 6.18 Å². The third-order valence-electron chi connectivity index (χ3n) is 1.17. The summed E-state index contributed by atoms with van der Waals surface area (Å²) < 4.78 is 35.4. The number of alkyl halides is 3. The topological polar surface area (TPSA) is 37.8 Å². The summed E-state index contributed by atoms with van der Waals surface area (Å²) >= 11 is 10.9. The van der Waals surface area contributed by atoms with E-state index in [2.05, 4.69) is 9.97 Å². The van der Waals surface area contributed by atoms with Crippen molar-refractivity contribution in [1.29, 1.82) is 0 Å². The van der Waals surface area contributed by atoms with E-state index in [1.54, 1.807) is 0 Å². The van der Waals surface area contributed by atoms with Gasteiger partial charge in [-0.25, -0.2) is 4.98 Å². The van der Waals surface area contributed by atoms with Gasteiger partial charge in [0.05, 0.1) is 6.20 Å². The van der Waals surface area contributed by atoms with Gasteiger partial charge in [0.2, 0.25) is 5.28 Å². The highest BCUT2D eigenvalue weighted by Gasteiger charge is 2.27. The second-order valence-corrected chi connectivity index (χ2v) is 3.05. The predicted molar refractivity (Wildman–Crippen MR) is 46.6 cm³/mol. The zero-order valence-corrected chi connectivity index (χ0v) is 8.08. The fourth-order valence-corrected chi connectivity index (χ4v) is 0.945. The van der Waals surface area contributed by atoms with Gasteiger partial charge in [0, 0.05) is 0 Å². The Hall–Kier alpha value is -0.750. The molecule has 0 atom stereocenters. The number of hydrogen-bond acceptors (Lipinski definition) is 3. The van der Waals surface area contributed by atoms with E-state index < -0.39 is 12.7 Å². The maximum atomic E-state index is 11.8. The summed E-state index contributed by atoms with van der Waals surface area (Å²) in [6.45, 7) is -1.22. The van der Waals surface area contributed by atoms with Crippen LogP contribution in [0.2, 0.25) is 10.3 Å². The van der Waals surface area contributed by atoms with E-state index in [0.717, 1.165) is 6.20 Å². The van der Waals surface area contributed by atoms with E-state index in [0.29, 0.717) is 0 Å². The smallest absolute Gasteiger partial charge is 0.360 e. The summed E-state index contributed by atoms with van der Waals surface area (Å²) in [5.41, 5.74) is 0. The summed E-state index contributed by atoms with van der Waals surface area (Å²) in [7, 11) is 0. The fourth-order valence-electron chi connectivity index (χ4n) is 0.654.